The molecule has 0 radical (unpaired) electrons. The van der Waals surface area contributed by atoms with E-state index in [4.69, 9.17) is 9.47 Å². The van der Waals surface area contributed by atoms with Crippen LogP contribution in [0.25, 0.3) is 0 Å². The Kier molecular flexibility index (Phi) is 7.81. The van der Waals surface area contributed by atoms with Crippen molar-refractivity contribution < 1.29 is 14.3 Å². The van der Waals surface area contributed by atoms with E-state index in [1.54, 1.807) is 32.1 Å². The molecule has 7 heteroatoms. The van der Waals surface area contributed by atoms with Gasteiger partial charge in [0, 0.05) is 12.7 Å². The summed E-state index contributed by atoms with van der Waals surface area (Å²) in [6.07, 6.45) is 4.22. The van der Waals surface area contributed by atoms with Gasteiger partial charge in [0.25, 0.3) is 5.56 Å². The Bertz CT molecular complexity index is 705. The van der Waals surface area contributed by atoms with Crippen molar-refractivity contribution in [1.82, 2.24) is 15.3 Å². The van der Waals surface area contributed by atoms with Crippen molar-refractivity contribution in [3.8, 4) is 0 Å². The van der Waals surface area contributed by atoms with Gasteiger partial charge in [-0.3, -0.25) is 4.79 Å². The van der Waals surface area contributed by atoms with Gasteiger partial charge in [-0.1, -0.05) is 31.4 Å². The first-order chi connectivity index (χ1) is 11.8. The maximum absolute atomic E-state index is 12.0. The van der Waals surface area contributed by atoms with Crippen molar-refractivity contribution in [2.24, 2.45) is 0 Å². The van der Waals surface area contributed by atoms with Gasteiger partial charge in [0.05, 0.1) is 17.8 Å². The van der Waals surface area contributed by atoms with E-state index in [2.05, 4.69) is 28.4 Å². The molecule has 0 aromatic carbocycles. The van der Waals surface area contributed by atoms with Crippen molar-refractivity contribution in [3.05, 3.63) is 64.9 Å². The third-order valence-electron chi connectivity index (χ3n) is 3.22. The number of ether oxygens (including phenoxy) is 2. The summed E-state index contributed by atoms with van der Waals surface area (Å²) >= 11 is 0. The van der Waals surface area contributed by atoms with Gasteiger partial charge < -0.3 is 19.8 Å². The fourth-order valence-electron chi connectivity index (χ4n) is 1.91. The minimum absolute atomic E-state index is 0.0613. The number of H-pyrrole nitrogens is 1. The molecular weight excluding hydrogens is 322 g/mol. The molecule has 0 saturated carbocycles. The topological polar surface area (TPSA) is 93.3 Å². The molecule has 2 N–H and O–H groups in total. The molecule has 1 aromatic rings. The molecule has 1 amide bonds. The molecule has 0 unspecified atom stereocenters. The molecule has 0 aliphatic carbocycles. The van der Waals surface area contributed by atoms with Crippen LogP contribution < -0.4 is 10.9 Å². The summed E-state index contributed by atoms with van der Waals surface area (Å²) in [4.78, 5) is 30.8. The Labute approximate surface area is 147 Å². The molecule has 0 spiro atoms. The second-order valence-electron chi connectivity index (χ2n) is 5.73. The fraction of sp³-hybridized carbons (Fsp3) is 0.389. The Morgan fingerprint density at radius 1 is 1.44 bits per heavy atom. The van der Waals surface area contributed by atoms with Crippen LogP contribution >= 0.6 is 0 Å². The zero-order valence-electron chi connectivity index (χ0n) is 14.9. The number of nitrogens with zero attached hydrogens (tertiary/aromatic N) is 1. The number of hydrogen-bond acceptors (Lipinski definition) is 5. The van der Waals surface area contributed by atoms with E-state index >= 15 is 0 Å². The van der Waals surface area contributed by atoms with E-state index in [1.807, 2.05) is 6.92 Å². The Hall–Kier alpha value is -2.67. The van der Waals surface area contributed by atoms with E-state index in [0.717, 1.165) is 0 Å². The fourth-order valence-corrected chi connectivity index (χ4v) is 1.91. The highest BCUT2D eigenvalue weighted by atomic mass is 16.5. The average Bonchev–Trinajstić information content (AvgIpc) is 2.55. The van der Waals surface area contributed by atoms with E-state index in [1.165, 1.54) is 6.07 Å². The van der Waals surface area contributed by atoms with Crippen molar-refractivity contribution >= 4 is 6.09 Å². The van der Waals surface area contributed by atoms with Crippen molar-refractivity contribution in [1.29, 1.82) is 0 Å². The molecule has 0 atom stereocenters. The molecule has 0 aliphatic heterocycles. The largest absolute Gasteiger partial charge is 0.445 e. The van der Waals surface area contributed by atoms with Gasteiger partial charge in [0.2, 0.25) is 0 Å². The maximum Gasteiger partial charge on any atom is 0.408 e. The number of aromatic nitrogens is 2. The van der Waals surface area contributed by atoms with E-state index < -0.39 is 11.6 Å². The molecule has 0 aliphatic rings. The molecule has 0 saturated heterocycles. The van der Waals surface area contributed by atoms with Crippen molar-refractivity contribution in [2.75, 3.05) is 13.2 Å². The minimum atomic E-state index is -0.936. The van der Waals surface area contributed by atoms with E-state index in [9.17, 15) is 9.59 Å². The molecule has 1 rings (SSSR count). The molecule has 7 nitrogen and oxygen atoms in total. The number of rotatable bonds is 9. The highest BCUT2D eigenvalue weighted by Gasteiger charge is 2.27. The first-order valence-corrected chi connectivity index (χ1v) is 7.89. The summed E-state index contributed by atoms with van der Waals surface area (Å²) in [5, 5.41) is 2.68. The normalized spacial score (nSPS) is 11.7. The number of carbonyl (C=O) groups is 1. The summed E-state index contributed by atoms with van der Waals surface area (Å²) in [6.45, 7) is 13.3. The molecule has 25 heavy (non-hydrogen) atoms. The SMILES string of the molecule is C=C/C=C(\C=C)COC(=O)NC(C)(C)c1nc(COCC)cc(=O)[nH]1. The van der Waals surface area contributed by atoms with Crippen LogP contribution in [0.15, 0.2) is 47.8 Å². The highest BCUT2D eigenvalue weighted by molar-refractivity contribution is 5.68. The molecule has 0 fully saturated rings. The number of aromatic amines is 1. The van der Waals surface area contributed by atoms with Crippen LogP contribution in [0.4, 0.5) is 4.79 Å². The van der Waals surface area contributed by atoms with Crippen LogP contribution in [0.5, 0.6) is 0 Å². The number of carbonyl (C=O) groups excluding carboxylic acids is 1. The first-order valence-electron chi connectivity index (χ1n) is 7.89. The van der Waals surface area contributed by atoms with Gasteiger partial charge in [-0.15, -0.1) is 0 Å². The predicted octanol–water partition coefficient (Wildman–Crippen LogP) is 2.57. The lowest BCUT2D eigenvalue weighted by atomic mass is 10.1. The lowest BCUT2D eigenvalue weighted by Crippen LogP contribution is -2.43. The number of nitrogens with one attached hydrogen (secondary N) is 2. The van der Waals surface area contributed by atoms with E-state index in [-0.39, 0.29) is 18.8 Å². The van der Waals surface area contributed by atoms with Gasteiger partial charge in [-0.05, 0) is 26.3 Å². The highest BCUT2D eigenvalue weighted by Crippen LogP contribution is 2.15. The lowest BCUT2D eigenvalue weighted by molar-refractivity contribution is 0.130. The van der Waals surface area contributed by atoms with Gasteiger partial charge >= 0.3 is 6.09 Å². The summed E-state index contributed by atoms with van der Waals surface area (Å²) in [7, 11) is 0. The third-order valence-corrected chi connectivity index (χ3v) is 3.22. The Morgan fingerprint density at radius 3 is 2.76 bits per heavy atom. The van der Waals surface area contributed by atoms with Crippen LogP contribution in [0, 0.1) is 0 Å². The third kappa shape index (κ3) is 6.76. The van der Waals surface area contributed by atoms with Crippen molar-refractivity contribution in [2.45, 2.75) is 32.9 Å². The first kappa shape index (κ1) is 20.4. The van der Waals surface area contributed by atoms with E-state index in [0.29, 0.717) is 23.7 Å². The quantitative estimate of drug-likeness (QED) is 0.670. The minimum Gasteiger partial charge on any atom is -0.445 e. The molecular formula is C18H25N3O4. The second-order valence-corrected chi connectivity index (χ2v) is 5.73. The van der Waals surface area contributed by atoms with Gasteiger partial charge in [-0.25, -0.2) is 9.78 Å². The van der Waals surface area contributed by atoms with Crippen LogP contribution in [0.3, 0.4) is 0 Å². The van der Waals surface area contributed by atoms with Crippen LogP contribution in [-0.4, -0.2) is 29.3 Å². The number of alkyl carbamates (subject to hydrolysis) is 1. The standard InChI is InChI=1S/C18H25N3O4/c1-6-9-13(7-2)11-25-17(23)21-18(4,5)16-19-14(12-24-8-3)10-15(22)20-16/h6-7,9-10H,1-2,8,11-12H2,3-5H3,(H,21,23)(H,19,20,22)/b13-9+. The predicted molar refractivity (Wildman–Crippen MR) is 96.2 cm³/mol. The molecule has 1 aromatic heterocycles. The van der Waals surface area contributed by atoms with Gasteiger partial charge in [0.1, 0.15) is 12.4 Å². The monoisotopic (exact) mass is 347 g/mol. The number of allylic oxidation sites excluding steroid dienone is 2. The summed E-state index contributed by atoms with van der Waals surface area (Å²) in [5.41, 5.74) is -0.0414. The number of amides is 1. The van der Waals surface area contributed by atoms with Crippen LogP contribution in [0.2, 0.25) is 0 Å². The molecule has 136 valence electrons. The average molecular weight is 347 g/mol. The number of hydrogen-bond donors (Lipinski definition) is 2. The Morgan fingerprint density at radius 2 is 2.16 bits per heavy atom. The van der Waals surface area contributed by atoms with Crippen LogP contribution in [-0.2, 0) is 21.6 Å². The summed E-state index contributed by atoms with van der Waals surface area (Å²) in [5.74, 6) is 0.317. The zero-order valence-corrected chi connectivity index (χ0v) is 14.9. The zero-order chi connectivity index (χ0) is 18.9. The lowest BCUT2D eigenvalue weighted by Gasteiger charge is -2.25. The summed E-state index contributed by atoms with van der Waals surface area (Å²) < 4.78 is 10.4. The van der Waals surface area contributed by atoms with Crippen LogP contribution in [0.1, 0.15) is 32.3 Å². The smallest absolute Gasteiger partial charge is 0.408 e. The molecule has 1 heterocycles. The maximum atomic E-state index is 12.0. The van der Waals surface area contributed by atoms with Crippen molar-refractivity contribution in [3.63, 3.8) is 0 Å². The van der Waals surface area contributed by atoms with Gasteiger partial charge in [0.15, 0.2) is 0 Å². The molecule has 0 bridgehead atoms. The van der Waals surface area contributed by atoms with Gasteiger partial charge in [-0.2, -0.15) is 0 Å². The Balaban J connectivity index is 2.83. The second kappa shape index (κ2) is 9.58. The summed E-state index contributed by atoms with van der Waals surface area (Å²) in [6, 6.07) is 1.37.